The molecule has 1 amide bonds. The van der Waals surface area contributed by atoms with Gasteiger partial charge in [0.05, 0.1) is 4.91 Å². The summed E-state index contributed by atoms with van der Waals surface area (Å²) in [4.78, 5) is 25.9. The zero-order valence-corrected chi connectivity index (χ0v) is 16.0. The molecule has 134 valence electrons. The molecule has 1 aliphatic heterocycles. The Morgan fingerprint density at radius 1 is 1.32 bits per heavy atom. The maximum absolute atomic E-state index is 12.5. The molecule has 1 heterocycles. The summed E-state index contributed by atoms with van der Waals surface area (Å²) in [5.74, 6) is 0.0939. The van der Waals surface area contributed by atoms with Gasteiger partial charge in [-0.05, 0) is 34.6 Å². The summed E-state index contributed by atoms with van der Waals surface area (Å²) >= 11 is 1.37. The lowest BCUT2D eigenvalue weighted by Gasteiger charge is -2.23. The van der Waals surface area contributed by atoms with Crippen LogP contribution in [0.5, 0.6) is 5.75 Å². The van der Waals surface area contributed by atoms with Gasteiger partial charge in [-0.15, -0.1) is 0 Å². The number of benzene rings is 1. The van der Waals surface area contributed by atoms with Crippen LogP contribution in [-0.2, 0) is 19.7 Å². The van der Waals surface area contributed by atoms with Crippen molar-refractivity contribution in [3.63, 3.8) is 0 Å². The molecule has 0 saturated heterocycles. The Labute approximate surface area is 152 Å². The van der Waals surface area contributed by atoms with Crippen LogP contribution in [0.25, 0.3) is 6.08 Å². The number of carbonyl (C=O) groups excluding carboxylic acids is 2. The van der Waals surface area contributed by atoms with Gasteiger partial charge in [0.25, 0.3) is 5.91 Å². The molecule has 6 heteroatoms. The van der Waals surface area contributed by atoms with Crippen LogP contribution >= 0.6 is 11.8 Å². The third-order valence-corrected chi connectivity index (χ3v) is 4.34. The number of methoxy groups -OCH3 is 1. The van der Waals surface area contributed by atoms with Crippen LogP contribution in [0, 0.1) is 0 Å². The number of hydrogen-bond donors (Lipinski definition) is 0. The van der Waals surface area contributed by atoms with Gasteiger partial charge in [0.2, 0.25) is 0 Å². The molecule has 1 aliphatic rings. The van der Waals surface area contributed by atoms with Gasteiger partial charge in [0.15, 0.2) is 0 Å². The molecule has 0 bridgehead atoms. The SMILES string of the molecule is COCN1C=CS/C(=C/c2ccc(OC(C)=O)c(C(C)(C)C)c2)C1=O. The van der Waals surface area contributed by atoms with E-state index in [1.165, 1.54) is 23.6 Å². The van der Waals surface area contributed by atoms with Crippen molar-refractivity contribution in [1.82, 2.24) is 4.90 Å². The Morgan fingerprint density at radius 2 is 2.04 bits per heavy atom. The molecule has 0 atom stereocenters. The minimum Gasteiger partial charge on any atom is -0.426 e. The van der Waals surface area contributed by atoms with Gasteiger partial charge >= 0.3 is 5.97 Å². The molecule has 0 N–H and O–H groups in total. The highest BCUT2D eigenvalue weighted by Gasteiger charge is 2.22. The van der Waals surface area contributed by atoms with Crippen LogP contribution in [0.15, 0.2) is 34.7 Å². The number of hydrogen-bond acceptors (Lipinski definition) is 5. The van der Waals surface area contributed by atoms with E-state index in [1.54, 1.807) is 19.4 Å². The van der Waals surface area contributed by atoms with Crippen molar-refractivity contribution in [2.24, 2.45) is 0 Å². The molecule has 5 nitrogen and oxygen atoms in total. The molecule has 25 heavy (non-hydrogen) atoms. The smallest absolute Gasteiger partial charge is 0.308 e. The lowest BCUT2D eigenvalue weighted by molar-refractivity contribution is -0.132. The van der Waals surface area contributed by atoms with Crippen LogP contribution in [0.4, 0.5) is 0 Å². The van der Waals surface area contributed by atoms with E-state index in [-0.39, 0.29) is 24.0 Å². The van der Waals surface area contributed by atoms with E-state index >= 15 is 0 Å². The summed E-state index contributed by atoms with van der Waals surface area (Å²) in [5, 5.41) is 1.85. The number of esters is 1. The Bertz CT molecular complexity index is 731. The number of ether oxygens (including phenoxy) is 2. The fourth-order valence-corrected chi connectivity index (χ4v) is 3.17. The zero-order valence-electron chi connectivity index (χ0n) is 15.2. The molecule has 0 spiro atoms. The third-order valence-electron chi connectivity index (χ3n) is 3.54. The topological polar surface area (TPSA) is 55.8 Å². The van der Waals surface area contributed by atoms with Gasteiger partial charge in [-0.3, -0.25) is 14.5 Å². The van der Waals surface area contributed by atoms with Gasteiger partial charge in [-0.2, -0.15) is 0 Å². The van der Waals surface area contributed by atoms with E-state index in [9.17, 15) is 9.59 Å². The fraction of sp³-hybridized carbons (Fsp3) is 0.368. The third kappa shape index (κ3) is 4.96. The number of nitrogens with zero attached hydrogens (tertiary/aromatic N) is 1. The lowest BCUT2D eigenvalue weighted by Crippen LogP contribution is -2.29. The van der Waals surface area contributed by atoms with Crippen molar-refractivity contribution in [2.75, 3.05) is 13.8 Å². The summed E-state index contributed by atoms with van der Waals surface area (Å²) in [6.45, 7) is 7.75. The van der Waals surface area contributed by atoms with Gasteiger partial charge in [-0.1, -0.05) is 38.6 Å². The Morgan fingerprint density at radius 3 is 2.64 bits per heavy atom. The lowest BCUT2D eigenvalue weighted by atomic mass is 9.85. The minimum atomic E-state index is -0.352. The first-order valence-electron chi connectivity index (χ1n) is 7.90. The average Bonchev–Trinajstić information content (AvgIpc) is 2.51. The molecule has 0 unspecified atom stereocenters. The van der Waals surface area contributed by atoms with Crippen LogP contribution in [0.2, 0.25) is 0 Å². The largest absolute Gasteiger partial charge is 0.426 e. The quantitative estimate of drug-likeness (QED) is 0.462. The van der Waals surface area contributed by atoms with E-state index in [0.717, 1.165) is 11.1 Å². The second-order valence-electron chi connectivity index (χ2n) is 6.70. The van der Waals surface area contributed by atoms with Gasteiger partial charge in [-0.25, -0.2) is 0 Å². The predicted molar refractivity (Wildman–Crippen MR) is 99.9 cm³/mol. The molecule has 0 aromatic heterocycles. The Balaban J connectivity index is 2.38. The van der Waals surface area contributed by atoms with Crippen molar-refractivity contribution < 1.29 is 19.1 Å². The first kappa shape index (κ1) is 19.3. The highest BCUT2D eigenvalue weighted by atomic mass is 32.2. The summed E-state index contributed by atoms with van der Waals surface area (Å²) < 4.78 is 10.4. The van der Waals surface area contributed by atoms with Crippen LogP contribution in [0.3, 0.4) is 0 Å². The Kier molecular flexibility index (Phi) is 6.08. The zero-order chi connectivity index (χ0) is 18.6. The summed E-state index contributed by atoms with van der Waals surface area (Å²) in [6, 6.07) is 5.57. The maximum Gasteiger partial charge on any atom is 0.308 e. The van der Waals surface area contributed by atoms with Gasteiger partial charge < -0.3 is 9.47 Å². The minimum absolute atomic E-state index is 0.101. The molecular weight excluding hydrogens is 338 g/mol. The predicted octanol–water partition coefficient (Wildman–Crippen LogP) is 3.90. The van der Waals surface area contributed by atoms with E-state index < -0.39 is 0 Å². The van der Waals surface area contributed by atoms with Crippen molar-refractivity contribution >= 4 is 29.7 Å². The standard InChI is InChI=1S/C19H23NO4S/c1-13(21)24-16-7-6-14(10-15(16)19(2,3)4)11-17-18(22)20(12-23-5)8-9-25-17/h6-11H,12H2,1-5H3/b17-11+. The van der Waals surface area contributed by atoms with Gasteiger partial charge in [0.1, 0.15) is 12.5 Å². The second-order valence-corrected chi connectivity index (χ2v) is 7.65. The molecule has 0 saturated carbocycles. The maximum atomic E-state index is 12.5. The second kappa shape index (κ2) is 7.89. The van der Waals surface area contributed by atoms with Crippen molar-refractivity contribution in [3.05, 3.63) is 45.8 Å². The fourth-order valence-electron chi connectivity index (χ4n) is 2.39. The molecule has 1 aromatic carbocycles. The van der Waals surface area contributed by atoms with Crippen LogP contribution < -0.4 is 4.74 Å². The van der Waals surface area contributed by atoms with Crippen molar-refractivity contribution in [3.8, 4) is 5.75 Å². The molecule has 2 rings (SSSR count). The molecule has 0 fully saturated rings. The highest BCUT2D eigenvalue weighted by Crippen LogP contribution is 2.34. The van der Waals surface area contributed by atoms with E-state index in [2.05, 4.69) is 20.8 Å². The highest BCUT2D eigenvalue weighted by molar-refractivity contribution is 8.06. The van der Waals surface area contributed by atoms with Crippen molar-refractivity contribution in [1.29, 1.82) is 0 Å². The number of thioether (sulfide) groups is 1. The molecular formula is C19H23NO4S. The van der Waals surface area contributed by atoms with Crippen molar-refractivity contribution in [2.45, 2.75) is 33.1 Å². The first-order valence-corrected chi connectivity index (χ1v) is 8.78. The molecule has 0 aliphatic carbocycles. The normalized spacial score (nSPS) is 16.4. The van der Waals surface area contributed by atoms with Crippen LogP contribution in [-0.4, -0.2) is 30.6 Å². The average molecular weight is 361 g/mol. The monoisotopic (exact) mass is 361 g/mol. The number of carbonyl (C=O) groups is 2. The summed E-state index contributed by atoms with van der Waals surface area (Å²) in [5.41, 5.74) is 1.59. The first-order chi connectivity index (χ1) is 11.7. The van der Waals surface area contributed by atoms with Crippen LogP contribution in [0.1, 0.15) is 38.8 Å². The summed E-state index contributed by atoms with van der Waals surface area (Å²) in [6.07, 6.45) is 3.55. The number of rotatable bonds is 4. The Hall–Kier alpha value is -2.05. The molecule has 1 aromatic rings. The molecule has 0 radical (unpaired) electrons. The number of amides is 1. The van der Waals surface area contributed by atoms with E-state index in [1.807, 2.05) is 23.6 Å². The van der Waals surface area contributed by atoms with Gasteiger partial charge in [0, 0.05) is 25.8 Å². The van der Waals surface area contributed by atoms with E-state index in [0.29, 0.717) is 10.7 Å². The van der Waals surface area contributed by atoms with E-state index in [4.69, 9.17) is 9.47 Å². The summed E-state index contributed by atoms with van der Waals surface area (Å²) in [7, 11) is 1.55.